The van der Waals surface area contributed by atoms with Crippen LogP contribution >= 0.6 is 38.5 Å². The molecule has 0 aromatic heterocycles. The minimum Gasteiger partial charge on any atom is -0.490 e. The Kier molecular flexibility index (Phi) is 7.67. The molecule has 0 fully saturated rings. The van der Waals surface area contributed by atoms with Crippen LogP contribution in [0.15, 0.2) is 69.8 Å². The third-order valence-electron chi connectivity index (χ3n) is 4.93. The first-order valence-electron chi connectivity index (χ1n) is 10.5. The minimum absolute atomic E-state index is 0.173. The van der Waals surface area contributed by atoms with Crippen molar-refractivity contribution in [2.24, 2.45) is 4.99 Å². The predicted octanol–water partition coefficient (Wildman–Crippen LogP) is 6.82. The number of esters is 1. The molecule has 5 nitrogen and oxygen atoms in total. The first-order chi connectivity index (χ1) is 16.3. The third-order valence-corrected chi connectivity index (χ3v) is 6.73. The van der Waals surface area contributed by atoms with Crippen LogP contribution in [0.3, 0.4) is 0 Å². The lowest BCUT2D eigenvalue weighted by atomic mass is 10.1. The fourth-order valence-corrected chi connectivity index (χ4v) is 4.23. The number of cyclic esters (lactones) is 1. The van der Waals surface area contributed by atoms with E-state index in [0.29, 0.717) is 33.7 Å². The highest BCUT2D eigenvalue weighted by Gasteiger charge is 2.25. The SMILES string of the molecule is CCOc1cc(/C=C2\N=C(c3ccc(I)c(C)c3)OC2=O)cc(Br)c1OCc1cccc(F)c1. The molecule has 0 atom stereocenters. The van der Waals surface area contributed by atoms with Crippen molar-refractivity contribution in [1.29, 1.82) is 0 Å². The highest BCUT2D eigenvalue weighted by Crippen LogP contribution is 2.38. The Bertz CT molecular complexity index is 1320. The van der Waals surface area contributed by atoms with Crippen molar-refractivity contribution >= 4 is 56.5 Å². The molecule has 1 aliphatic heterocycles. The summed E-state index contributed by atoms with van der Waals surface area (Å²) in [7, 11) is 0. The van der Waals surface area contributed by atoms with E-state index in [-0.39, 0.29) is 24.0 Å². The van der Waals surface area contributed by atoms with Gasteiger partial charge in [0.25, 0.3) is 0 Å². The van der Waals surface area contributed by atoms with E-state index < -0.39 is 5.97 Å². The zero-order valence-corrected chi connectivity index (χ0v) is 22.1. The number of rotatable bonds is 7. The molecule has 0 saturated heterocycles. The van der Waals surface area contributed by atoms with Crippen LogP contribution in [0.5, 0.6) is 11.5 Å². The standard InChI is InChI=1S/C26H20BrFINO4/c1-3-32-23-13-17(11-20(27)24(23)33-14-16-5-4-6-19(28)10-16)12-22-26(31)34-25(30-22)18-7-8-21(29)15(2)9-18/h4-13H,3,14H2,1-2H3/b22-12-. The average molecular weight is 636 g/mol. The molecule has 4 rings (SSSR count). The van der Waals surface area contributed by atoms with Gasteiger partial charge in [0.1, 0.15) is 12.4 Å². The van der Waals surface area contributed by atoms with Gasteiger partial charge in [-0.1, -0.05) is 12.1 Å². The zero-order chi connectivity index (χ0) is 24.2. The summed E-state index contributed by atoms with van der Waals surface area (Å²) in [5.41, 5.74) is 3.39. The van der Waals surface area contributed by atoms with Crippen molar-refractivity contribution in [1.82, 2.24) is 0 Å². The average Bonchev–Trinajstić information content (AvgIpc) is 3.15. The Balaban J connectivity index is 1.61. The van der Waals surface area contributed by atoms with Crippen LogP contribution in [0.4, 0.5) is 4.39 Å². The zero-order valence-electron chi connectivity index (χ0n) is 18.4. The molecule has 1 heterocycles. The number of aryl methyl sites for hydroxylation is 1. The Morgan fingerprint density at radius 2 is 1.97 bits per heavy atom. The summed E-state index contributed by atoms with van der Waals surface area (Å²) >= 11 is 5.77. The van der Waals surface area contributed by atoms with Gasteiger partial charge in [-0.25, -0.2) is 14.2 Å². The minimum atomic E-state index is -0.522. The van der Waals surface area contributed by atoms with Gasteiger partial charge < -0.3 is 14.2 Å². The highest BCUT2D eigenvalue weighted by atomic mass is 127. The molecular weight excluding hydrogens is 616 g/mol. The van der Waals surface area contributed by atoms with Crippen LogP contribution < -0.4 is 9.47 Å². The number of hydrogen-bond acceptors (Lipinski definition) is 5. The van der Waals surface area contributed by atoms with Gasteiger partial charge in [0.15, 0.2) is 17.2 Å². The summed E-state index contributed by atoms with van der Waals surface area (Å²) in [6.07, 6.45) is 1.64. The first-order valence-corrected chi connectivity index (χ1v) is 12.3. The molecule has 0 unspecified atom stereocenters. The van der Waals surface area contributed by atoms with E-state index in [4.69, 9.17) is 14.2 Å². The second-order valence-electron chi connectivity index (χ2n) is 7.48. The number of carbonyl (C=O) groups is 1. The van der Waals surface area contributed by atoms with Crippen LogP contribution in [-0.2, 0) is 16.1 Å². The molecule has 0 spiro atoms. The second kappa shape index (κ2) is 10.7. The fourth-order valence-electron chi connectivity index (χ4n) is 3.32. The maximum Gasteiger partial charge on any atom is 0.363 e. The molecule has 0 bridgehead atoms. The van der Waals surface area contributed by atoms with E-state index in [9.17, 15) is 9.18 Å². The van der Waals surface area contributed by atoms with Gasteiger partial charge in [-0.3, -0.25) is 0 Å². The Morgan fingerprint density at radius 3 is 2.71 bits per heavy atom. The molecule has 174 valence electrons. The molecule has 0 radical (unpaired) electrons. The van der Waals surface area contributed by atoms with Gasteiger partial charge in [-0.2, -0.15) is 0 Å². The van der Waals surface area contributed by atoms with E-state index in [1.807, 2.05) is 32.0 Å². The smallest absolute Gasteiger partial charge is 0.363 e. The maximum atomic E-state index is 13.5. The quantitative estimate of drug-likeness (QED) is 0.162. The summed E-state index contributed by atoms with van der Waals surface area (Å²) < 4.78 is 32.3. The van der Waals surface area contributed by atoms with Crippen LogP contribution in [0.1, 0.15) is 29.2 Å². The molecule has 0 saturated carbocycles. The Morgan fingerprint density at radius 1 is 1.15 bits per heavy atom. The molecule has 0 amide bonds. The van der Waals surface area contributed by atoms with Crippen LogP contribution in [-0.4, -0.2) is 18.5 Å². The second-order valence-corrected chi connectivity index (χ2v) is 9.50. The molecule has 1 aliphatic rings. The lowest BCUT2D eigenvalue weighted by molar-refractivity contribution is -0.129. The predicted molar refractivity (Wildman–Crippen MR) is 141 cm³/mol. The number of ether oxygens (including phenoxy) is 3. The van der Waals surface area contributed by atoms with E-state index in [1.54, 1.807) is 30.3 Å². The molecule has 3 aromatic carbocycles. The normalized spacial score (nSPS) is 14.2. The van der Waals surface area contributed by atoms with Crippen LogP contribution in [0.2, 0.25) is 0 Å². The summed E-state index contributed by atoms with van der Waals surface area (Å²) in [5, 5.41) is 0. The number of benzene rings is 3. The van der Waals surface area contributed by atoms with E-state index in [2.05, 4.69) is 43.5 Å². The summed E-state index contributed by atoms with van der Waals surface area (Å²) in [6.45, 7) is 4.44. The first kappa shape index (κ1) is 24.4. The number of halogens is 3. The number of hydrogen-bond donors (Lipinski definition) is 0. The van der Waals surface area contributed by atoms with Gasteiger partial charge in [-0.05, 0) is 118 Å². The lowest BCUT2D eigenvalue weighted by Gasteiger charge is -2.15. The lowest BCUT2D eigenvalue weighted by Crippen LogP contribution is -2.05. The van der Waals surface area contributed by atoms with Crippen molar-refractivity contribution in [3.63, 3.8) is 0 Å². The van der Waals surface area contributed by atoms with Gasteiger partial charge in [0.05, 0.1) is 11.1 Å². The van der Waals surface area contributed by atoms with Gasteiger partial charge in [0.2, 0.25) is 5.90 Å². The number of aliphatic imine (C=N–C) groups is 1. The molecule has 0 aliphatic carbocycles. The Labute approximate surface area is 218 Å². The van der Waals surface area contributed by atoms with Crippen LogP contribution in [0.25, 0.3) is 6.08 Å². The molecule has 34 heavy (non-hydrogen) atoms. The monoisotopic (exact) mass is 635 g/mol. The third kappa shape index (κ3) is 5.67. The van der Waals surface area contributed by atoms with Crippen molar-refractivity contribution in [2.75, 3.05) is 6.61 Å². The van der Waals surface area contributed by atoms with Gasteiger partial charge >= 0.3 is 5.97 Å². The number of nitrogens with zero attached hydrogens (tertiary/aromatic N) is 1. The van der Waals surface area contributed by atoms with Gasteiger partial charge in [0, 0.05) is 9.13 Å². The van der Waals surface area contributed by atoms with Crippen molar-refractivity contribution in [3.8, 4) is 11.5 Å². The van der Waals surface area contributed by atoms with Crippen molar-refractivity contribution in [3.05, 3.63) is 96.4 Å². The van der Waals surface area contributed by atoms with E-state index in [0.717, 1.165) is 14.7 Å². The summed E-state index contributed by atoms with van der Waals surface area (Å²) in [5.74, 6) is 0.405. The van der Waals surface area contributed by atoms with E-state index >= 15 is 0 Å². The number of carbonyl (C=O) groups excluding carboxylic acids is 1. The summed E-state index contributed by atoms with van der Waals surface area (Å²) in [4.78, 5) is 16.9. The molecule has 3 aromatic rings. The fraction of sp³-hybridized carbons (Fsp3) is 0.154. The van der Waals surface area contributed by atoms with Crippen molar-refractivity contribution < 1.29 is 23.4 Å². The molecule has 8 heteroatoms. The Hall–Kier alpha value is -2.72. The maximum absolute atomic E-state index is 13.5. The van der Waals surface area contributed by atoms with Crippen LogP contribution in [0, 0.1) is 16.3 Å². The highest BCUT2D eigenvalue weighted by molar-refractivity contribution is 14.1. The van der Waals surface area contributed by atoms with E-state index in [1.165, 1.54) is 12.1 Å². The summed E-state index contributed by atoms with van der Waals surface area (Å²) in [6, 6.07) is 15.5. The largest absolute Gasteiger partial charge is 0.490 e. The van der Waals surface area contributed by atoms with Gasteiger partial charge in [-0.15, -0.1) is 0 Å². The van der Waals surface area contributed by atoms with Crippen molar-refractivity contribution in [2.45, 2.75) is 20.5 Å². The molecule has 0 N–H and O–H groups in total. The molecular formula is C26H20BrFINO4. The topological polar surface area (TPSA) is 57.1 Å².